The van der Waals surface area contributed by atoms with Gasteiger partial charge in [-0.15, -0.1) is 0 Å². The fourth-order valence-corrected chi connectivity index (χ4v) is 1.52. The van der Waals surface area contributed by atoms with Gasteiger partial charge in [-0.2, -0.15) is 0 Å². The van der Waals surface area contributed by atoms with Crippen molar-refractivity contribution in [2.24, 2.45) is 7.05 Å². The highest BCUT2D eigenvalue weighted by molar-refractivity contribution is 5.61. The van der Waals surface area contributed by atoms with Crippen molar-refractivity contribution in [1.82, 2.24) is 4.57 Å². The predicted octanol–water partition coefficient (Wildman–Crippen LogP) is 1.41. The molecular formula is C13H11NO2. The van der Waals surface area contributed by atoms with Crippen molar-refractivity contribution < 1.29 is 0 Å². The zero-order chi connectivity index (χ0) is 11.5. The molecule has 1 heterocycles. The second kappa shape index (κ2) is 4.14. The van der Waals surface area contributed by atoms with Gasteiger partial charge in [0.2, 0.25) is 5.43 Å². The van der Waals surface area contributed by atoms with E-state index >= 15 is 0 Å². The molecule has 0 saturated heterocycles. The molecule has 0 aliphatic rings. The van der Waals surface area contributed by atoms with Gasteiger partial charge in [-0.05, 0) is 23.3 Å². The molecule has 16 heavy (non-hydrogen) atoms. The van der Waals surface area contributed by atoms with E-state index in [1.807, 2.05) is 30.3 Å². The van der Waals surface area contributed by atoms with Crippen LogP contribution in [0.3, 0.4) is 0 Å². The van der Waals surface area contributed by atoms with Gasteiger partial charge >= 0.3 is 0 Å². The van der Waals surface area contributed by atoms with Crippen LogP contribution in [0.1, 0.15) is 0 Å². The lowest BCUT2D eigenvalue weighted by molar-refractivity contribution is 0.862. The maximum absolute atomic E-state index is 11.4. The molecule has 3 heteroatoms. The van der Waals surface area contributed by atoms with Gasteiger partial charge in [-0.25, -0.2) is 0 Å². The fraction of sp³-hybridized carbons (Fsp3) is 0.0769. The van der Waals surface area contributed by atoms with E-state index in [2.05, 4.69) is 0 Å². The highest BCUT2D eigenvalue weighted by atomic mass is 16.2. The lowest BCUT2D eigenvalue weighted by Gasteiger charge is -1.98. The summed E-state index contributed by atoms with van der Waals surface area (Å²) in [7, 11) is 1.58. The van der Waals surface area contributed by atoms with E-state index in [9.17, 15) is 9.59 Å². The van der Waals surface area contributed by atoms with Crippen LogP contribution in [0.15, 0.2) is 58.3 Å². The van der Waals surface area contributed by atoms with Crippen LogP contribution in [0, 0.1) is 0 Å². The van der Waals surface area contributed by atoms with Gasteiger partial charge in [0, 0.05) is 13.2 Å². The first-order valence-corrected chi connectivity index (χ1v) is 4.95. The van der Waals surface area contributed by atoms with Gasteiger partial charge in [0.1, 0.15) is 0 Å². The summed E-state index contributed by atoms with van der Waals surface area (Å²) < 4.78 is 1.31. The zero-order valence-corrected chi connectivity index (χ0v) is 8.88. The summed E-state index contributed by atoms with van der Waals surface area (Å²) in [5, 5.41) is 0. The summed E-state index contributed by atoms with van der Waals surface area (Å²) in [6, 6.07) is 12.6. The lowest BCUT2D eigenvalue weighted by Crippen LogP contribution is -2.28. The molecule has 3 nitrogen and oxygen atoms in total. The number of hydrogen-bond acceptors (Lipinski definition) is 2. The fourth-order valence-electron chi connectivity index (χ4n) is 1.52. The van der Waals surface area contributed by atoms with E-state index < -0.39 is 11.0 Å². The van der Waals surface area contributed by atoms with E-state index in [1.54, 1.807) is 19.3 Å². The molecule has 0 aliphatic heterocycles. The van der Waals surface area contributed by atoms with Gasteiger partial charge in [-0.3, -0.25) is 9.59 Å². The molecule has 0 aliphatic carbocycles. The second-order valence-electron chi connectivity index (χ2n) is 3.56. The minimum absolute atomic E-state index is 0.496. The molecule has 0 bridgehead atoms. The van der Waals surface area contributed by atoms with Gasteiger partial charge < -0.3 is 4.57 Å². The summed E-state index contributed by atoms with van der Waals surface area (Å²) in [6.07, 6.45) is 1.67. The molecule has 0 amide bonds. The highest BCUT2D eigenvalue weighted by Gasteiger charge is 1.98. The van der Waals surface area contributed by atoms with Crippen molar-refractivity contribution in [2.45, 2.75) is 0 Å². The Balaban J connectivity index is 2.71. The predicted molar refractivity (Wildman–Crippen MR) is 63.4 cm³/mol. The normalized spacial score (nSPS) is 10.1. The van der Waals surface area contributed by atoms with E-state index in [0.29, 0.717) is 0 Å². The van der Waals surface area contributed by atoms with Crippen LogP contribution in [-0.2, 0) is 7.05 Å². The van der Waals surface area contributed by atoms with Gasteiger partial charge in [0.05, 0.1) is 0 Å². The molecule has 80 valence electrons. The Hall–Kier alpha value is -2.16. The molecule has 0 unspecified atom stereocenters. The Morgan fingerprint density at radius 3 is 2.25 bits per heavy atom. The maximum atomic E-state index is 11.4. The van der Waals surface area contributed by atoms with Crippen molar-refractivity contribution in [1.29, 1.82) is 0 Å². The molecule has 2 rings (SSSR count). The molecule has 0 radical (unpaired) electrons. The molecule has 0 N–H and O–H groups in total. The van der Waals surface area contributed by atoms with Gasteiger partial charge in [0.25, 0.3) is 5.56 Å². The summed E-state index contributed by atoms with van der Waals surface area (Å²) in [5.41, 5.74) is 0.822. The van der Waals surface area contributed by atoms with Crippen LogP contribution in [-0.4, -0.2) is 4.57 Å². The first kappa shape index (κ1) is 10.4. The lowest BCUT2D eigenvalue weighted by atomic mass is 10.1. The van der Waals surface area contributed by atoms with Crippen LogP contribution in [0.2, 0.25) is 0 Å². The smallest absolute Gasteiger partial charge is 0.298 e. The zero-order valence-electron chi connectivity index (χ0n) is 8.88. The number of benzene rings is 1. The Kier molecular flexibility index (Phi) is 2.68. The number of hydrogen-bond donors (Lipinski definition) is 0. The highest BCUT2D eigenvalue weighted by Crippen LogP contribution is 2.15. The second-order valence-corrected chi connectivity index (χ2v) is 3.56. The standard InChI is InChI=1S/C13H11NO2/c1-14-9-11(7-8-12(15)13(14)16)10-5-3-2-4-6-10/h2-9H,1H3. The van der Waals surface area contributed by atoms with Gasteiger partial charge in [-0.1, -0.05) is 30.3 Å². The number of rotatable bonds is 1. The Bertz CT molecular complexity index is 615. The van der Waals surface area contributed by atoms with E-state index in [4.69, 9.17) is 0 Å². The Morgan fingerprint density at radius 2 is 1.56 bits per heavy atom. The Morgan fingerprint density at radius 1 is 0.875 bits per heavy atom. The minimum Gasteiger partial charge on any atom is -0.315 e. The van der Waals surface area contributed by atoms with Crippen molar-refractivity contribution in [3.8, 4) is 11.1 Å². The molecule has 2 aromatic rings. The number of aromatic nitrogens is 1. The van der Waals surface area contributed by atoms with Crippen molar-refractivity contribution in [3.63, 3.8) is 0 Å². The van der Waals surface area contributed by atoms with Crippen LogP contribution in [0.4, 0.5) is 0 Å². The molecule has 1 aromatic heterocycles. The molecular weight excluding hydrogens is 202 g/mol. The quantitative estimate of drug-likeness (QED) is 0.672. The summed E-state index contributed by atoms with van der Waals surface area (Å²) in [6.45, 7) is 0. The van der Waals surface area contributed by atoms with Crippen LogP contribution in [0.5, 0.6) is 0 Å². The van der Waals surface area contributed by atoms with E-state index in [1.165, 1.54) is 10.6 Å². The summed E-state index contributed by atoms with van der Waals surface area (Å²) >= 11 is 0. The first-order valence-electron chi connectivity index (χ1n) is 4.95. The molecule has 0 atom stereocenters. The first-order chi connectivity index (χ1) is 7.68. The van der Waals surface area contributed by atoms with Crippen LogP contribution < -0.4 is 11.0 Å². The minimum atomic E-state index is -0.512. The van der Waals surface area contributed by atoms with Crippen LogP contribution in [0.25, 0.3) is 11.1 Å². The maximum Gasteiger partial charge on any atom is 0.298 e. The third-order valence-electron chi connectivity index (χ3n) is 2.39. The molecule has 1 aromatic carbocycles. The molecule has 0 fully saturated rings. The monoisotopic (exact) mass is 213 g/mol. The van der Waals surface area contributed by atoms with Gasteiger partial charge in [0.15, 0.2) is 0 Å². The third kappa shape index (κ3) is 1.93. The average molecular weight is 213 g/mol. The molecule has 0 spiro atoms. The van der Waals surface area contributed by atoms with E-state index in [-0.39, 0.29) is 0 Å². The Labute approximate surface area is 92.6 Å². The number of aryl methyl sites for hydroxylation is 1. The van der Waals surface area contributed by atoms with Crippen molar-refractivity contribution in [2.75, 3.05) is 0 Å². The topological polar surface area (TPSA) is 39.1 Å². The number of nitrogens with zero attached hydrogens (tertiary/aromatic N) is 1. The summed E-state index contributed by atoms with van der Waals surface area (Å²) in [5.74, 6) is 0. The van der Waals surface area contributed by atoms with E-state index in [0.717, 1.165) is 11.1 Å². The average Bonchev–Trinajstić information content (AvgIpc) is 2.44. The third-order valence-corrected chi connectivity index (χ3v) is 2.39. The van der Waals surface area contributed by atoms with Crippen LogP contribution >= 0.6 is 0 Å². The van der Waals surface area contributed by atoms with Crippen molar-refractivity contribution >= 4 is 0 Å². The summed E-state index contributed by atoms with van der Waals surface area (Å²) in [4.78, 5) is 22.7. The van der Waals surface area contributed by atoms with Crippen molar-refractivity contribution in [3.05, 3.63) is 69.2 Å². The molecule has 0 saturated carbocycles. The largest absolute Gasteiger partial charge is 0.315 e. The SMILES string of the molecule is Cn1cc(-c2ccccc2)ccc(=O)c1=O.